The van der Waals surface area contributed by atoms with Crippen LogP contribution < -0.4 is 5.32 Å². The fraction of sp³-hybridized carbons (Fsp3) is 0.273. The van der Waals surface area contributed by atoms with Gasteiger partial charge < -0.3 is 20.1 Å². The van der Waals surface area contributed by atoms with Gasteiger partial charge in [0.05, 0.1) is 29.1 Å². The Morgan fingerprint density at radius 3 is 2.32 bits per heavy atom. The van der Waals surface area contributed by atoms with E-state index in [1.54, 1.807) is 31.2 Å². The van der Waals surface area contributed by atoms with Gasteiger partial charge in [-0.25, -0.2) is 8.78 Å². The van der Waals surface area contributed by atoms with E-state index in [-0.39, 0.29) is 16.6 Å². The molecule has 3 aromatic rings. The van der Waals surface area contributed by atoms with E-state index in [9.17, 15) is 28.6 Å². The van der Waals surface area contributed by atoms with Crippen LogP contribution in [0, 0.1) is 11.6 Å². The molecule has 1 amide bonds. The Bertz CT molecular complexity index is 1140. The number of aliphatic carboxylic acids is 1. The minimum Gasteiger partial charge on any atom is -0.481 e. The Morgan fingerprint density at radius 1 is 1.16 bits per heavy atom. The maximum atomic E-state index is 13.8. The molecule has 3 N–H and O–H groups in total. The van der Waals surface area contributed by atoms with E-state index in [0.29, 0.717) is 17.5 Å². The highest BCUT2D eigenvalue weighted by molar-refractivity contribution is 6.35. The molecule has 1 heterocycles. The standard InChI is InChI=1S/C22H21ClF2N2O4/c1-3-13(22(30)31)11-4-6-12(7-5-11)16(10-28)26-21(29)18-8-14-17(27(18)2)9-15(24)20(25)19(14)23/h4-9,13,16,28H,3,10H2,1-2H3,(H,26,29)(H,30,31)/t13?,16-/m1/s1. The number of aromatic nitrogens is 1. The number of aliphatic hydroxyl groups is 1. The van der Waals surface area contributed by atoms with Crippen molar-refractivity contribution in [2.45, 2.75) is 25.3 Å². The molecule has 6 nitrogen and oxygen atoms in total. The van der Waals surface area contributed by atoms with Crippen LogP contribution >= 0.6 is 11.6 Å². The maximum Gasteiger partial charge on any atom is 0.310 e. The van der Waals surface area contributed by atoms with E-state index >= 15 is 0 Å². The number of halogens is 3. The van der Waals surface area contributed by atoms with Crippen LogP contribution in [0.2, 0.25) is 5.02 Å². The lowest BCUT2D eigenvalue weighted by Crippen LogP contribution is -2.32. The van der Waals surface area contributed by atoms with Gasteiger partial charge in [0.15, 0.2) is 11.6 Å². The van der Waals surface area contributed by atoms with Crippen molar-refractivity contribution in [2.24, 2.45) is 7.05 Å². The Balaban J connectivity index is 1.87. The lowest BCUT2D eigenvalue weighted by atomic mass is 9.94. The highest BCUT2D eigenvalue weighted by atomic mass is 35.5. The fourth-order valence-electron chi connectivity index (χ4n) is 3.57. The average Bonchev–Trinajstić information content (AvgIpc) is 3.07. The molecule has 0 saturated carbocycles. The van der Waals surface area contributed by atoms with Gasteiger partial charge >= 0.3 is 5.97 Å². The quantitative estimate of drug-likeness (QED) is 0.471. The monoisotopic (exact) mass is 450 g/mol. The summed E-state index contributed by atoms with van der Waals surface area (Å²) in [6.45, 7) is 1.37. The van der Waals surface area contributed by atoms with E-state index in [1.807, 2.05) is 0 Å². The van der Waals surface area contributed by atoms with E-state index in [2.05, 4.69) is 5.32 Å². The number of carbonyl (C=O) groups excluding carboxylic acids is 1. The number of rotatable bonds is 7. The van der Waals surface area contributed by atoms with Gasteiger partial charge in [0, 0.05) is 18.5 Å². The first-order valence-corrected chi connectivity index (χ1v) is 9.94. The van der Waals surface area contributed by atoms with Crippen LogP contribution in [0.4, 0.5) is 8.78 Å². The second kappa shape index (κ2) is 9.03. The van der Waals surface area contributed by atoms with Crippen LogP contribution in [0.1, 0.15) is 46.9 Å². The molecule has 0 spiro atoms. The molecule has 2 atom stereocenters. The van der Waals surface area contributed by atoms with Crippen molar-refractivity contribution >= 4 is 34.4 Å². The van der Waals surface area contributed by atoms with Gasteiger partial charge in [0.25, 0.3) is 5.91 Å². The third-order valence-electron chi connectivity index (χ3n) is 5.35. The number of nitrogens with one attached hydrogen (secondary N) is 1. The van der Waals surface area contributed by atoms with Gasteiger partial charge in [-0.1, -0.05) is 42.8 Å². The number of nitrogens with zero attached hydrogens (tertiary/aromatic N) is 1. The highest BCUT2D eigenvalue weighted by Crippen LogP contribution is 2.31. The number of hydrogen-bond donors (Lipinski definition) is 3. The van der Waals surface area contributed by atoms with Gasteiger partial charge in [0.2, 0.25) is 0 Å². The largest absolute Gasteiger partial charge is 0.481 e. The fourth-order valence-corrected chi connectivity index (χ4v) is 3.81. The third-order valence-corrected chi connectivity index (χ3v) is 5.72. The normalized spacial score (nSPS) is 13.2. The van der Waals surface area contributed by atoms with Gasteiger partial charge in [-0.3, -0.25) is 9.59 Å². The van der Waals surface area contributed by atoms with Crippen LogP contribution in [0.15, 0.2) is 36.4 Å². The van der Waals surface area contributed by atoms with Gasteiger partial charge in [-0.2, -0.15) is 0 Å². The Labute approximate surface area is 182 Å². The molecule has 0 saturated heterocycles. The van der Waals surface area contributed by atoms with E-state index in [1.165, 1.54) is 17.7 Å². The molecule has 9 heteroatoms. The molecule has 0 aliphatic carbocycles. The number of benzene rings is 2. The summed E-state index contributed by atoms with van der Waals surface area (Å²) in [5, 5.41) is 21.5. The lowest BCUT2D eigenvalue weighted by Gasteiger charge is -2.18. The maximum absolute atomic E-state index is 13.8. The van der Waals surface area contributed by atoms with E-state index in [0.717, 1.165) is 6.07 Å². The lowest BCUT2D eigenvalue weighted by molar-refractivity contribution is -0.138. The van der Waals surface area contributed by atoms with Crippen LogP contribution in [-0.4, -0.2) is 33.3 Å². The Hall–Kier alpha value is -2.97. The van der Waals surface area contributed by atoms with Crippen molar-refractivity contribution in [1.29, 1.82) is 0 Å². The predicted molar refractivity (Wildman–Crippen MR) is 112 cm³/mol. The number of aliphatic hydroxyl groups excluding tert-OH is 1. The van der Waals surface area contributed by atoms with E-state index in [4.69, 9.17) is 11.6 Å². The molecule has 1 aromatic heterocycles. The molecule has 0 bridgehead atoms. The molecule has 31 heavy (non-hydrogen) atoms. The second-order valence-corrected chi connectivity index (χ2v) is 7.56. The van der Waals surface area contributed by atoms with Crippen LogP contribution in [0.3, 0.4) is 0 Å². The summed E-state index contributed by atoms with van der Waals surface area (Å²) in [7, 11) is 1.52. The Morgan fingerprint density at radius 2 is 1.77 bits per heavy atom. The summed E-state index contributed by atoms with van der Waals surface area (Å²) in [5.41, 5.74) is 1.55. The molecule has 0 aliphatic heterocycles. The molecule has 0 radical (unpaired) electrons. The average molecular weight is 451 g/mol. The number of aryl methyl sites for hydroxylation is 1. The van der Waals surface area contributed by atoms with Crippen LogP contribution in [0.5, 0.6) is 0 Å². The zero-order valence-electron chi connectivity index (χ0n) is 16.8. The first-order valence-electron chi connectivity index (χ1n) is 9.56. The van der Waals surface area contributed by atoms with Gasteiger partial charge in [-0.05, 0) is 23.6 Å². The number of carboxylic acids is 1. The summed E-state index contributed by atoms with van der Waals surface area (Å²) in [6.07, 6.45) is 0.430. The predicted octanol–water partition coefficient (Wildman–Crippen LogP) is 4.15. The summed E-state index contributed by atoms with van der Waals surface area (Å²) in [5.74, 6) is -4.45. The summed E-state index contributed by atoms with van der Waals surface area (Å²) in [6, 6.07) is 8.13. The first-order chi connectivity index (χ1) is 14.7. The summed E-state index contributed by atoms with van der Waals surface area (Å²) >= 11 is 5.88. The smallest absolute Gasteiger partial charge is 0.310 e. The molecule has 2 aromatic carbocycles. The minimum absolute atomic E-state index is 0.105. The molecule has 164 valence electrons. The number of amides is 1. The van der Waals surface area contributed by atoms with Gasteiger partial charge in [0.1, 0.15) is 5.69 Å². The van der Waals surface area contributed by atoms with E-state index < -0.39 is 47.1 Å². The number of carbonyl (C=O) groups is 2. The topological polar surface area (TPSA) is 91.6 Å². The first kappa shape index (κ1) is 22.7. The molecule has 0 aliphatic rings. The molecular weight excluding hydrogens is 430 g/mol. The molecule has 0 fully saturated rings. The number of hydrogen-bond acceptors (Lipinski definition) is 3. The van der Waals surface area contributed by atoms with Crippen LogP contribution in [0.25, 0.3) is 10.9 Å². The third kappa shape index (κ3) is 4.26. The number of fused-ring (bicyclic) bond motifs is 1. The summed E-state index contributed by atoms with van der Waals surface area (Å²) in [4.78, 5) is 24.1. The summed E-state index contributed by atoms with van der Waals surface area (Å²) < 4.78 is 28.9. The zero-order chi connectivity index (χ0) is 22.9. The SMILES string of the molecule is CCC(C(=O)O)c1ccc([C@@H](CO)NC(=O)c2cc3c(Cl)c(F)c(F)cc3n2C)cc1. The van der Waals surface area contributed by atoms with Crippen molar-refractivity contribution in [3.8, 4) is 0 Å². The Kier molecular flexibility index (Phi) is 6.62. The van der Waals surface area contributed by atoms with Crippen molar-refractivity contribution < 1.29 is 28.6 Å². The zero-order valence-corrected chi connectivity index (χ0v) is 17.6. The van der Waals surface area contributed by atoms with Crippen molar-refractivity contribution in [3.05, 3.63) is 69.9 Å². The van der Waals surface area contributed by atoms with Gasteiger partial charge in [-0.15, -0.1) is 0 Å². The molecule has 3 rings (SSSR count). The molecule has 1 unspecified atom stereocenters. The van der Waals surface area contributed by atoms with Crippen molar-refractivity contribution in [3.63, 3.8) is 0 Å². The highest BCUT2D eigenvalue weighted by Gasteiger charge is 2.23. The second-order valence-electron chi connectivity index (χ2n) is 7.18. The van der Waals surface area contributed by atoms with Crippen molar-refractivity contribution in [1.82, 2.24) is 9.88 Å². The minimum atomic E-state index is -1.19. The molecular formula is C22H21ClF2N2O4. The number of carboxylic acid groups (broad SMARTS) is 1. The van der Waals surface area contributed by atoms with Crippen LogP contribution in [-0.2, 0) is 11.8 Å². The van der Waals surface area contributed by atoms with Crippen molar-refractivity contribution in [2.75, 3.05) is 6.61 Å².